The number of allylic oxidation sites excluding steroid dienone is 1. The SMILES string of the molecule is C/C=C(/C)CC/N=C/N1CC2(C1)CN(C(=O)N(c1ccc(Cl)cc1)C(C)CO)C2. The molecule has 158 valence electrons. The molecule has 3 rings (SSSR count). The standard InChI is InChI=1S/C22H31ClN4O2/c1-4-17(2)9-10-24-16-25-12-22(13-25)14-26(15-22)21(29)27(18(3)11-28)20-7-5-19(23)6-8-20/h4-8,16,18,28H,9-15H2,1-3H3/b17-4-,24-16+. The van der Waals surface area contributed by atoms with E-state index >= 15 is 0 Å². The molecule has 0 bridgehead atoms. The molecule has 0 radical (unpaired) electrons. The number of amides is 2. The van der Waals surface area contributed by atoms with E-state index in [2.05, 4.69) is 29.8 Å². The normalized spacial score (nSPS) is 19.3. The molecule has 29 heavy (non-hydrogen) atoms. The van der Waals surface area contributed by atoms with Gasteiger partial charge in [0.05, 0.1) is 19.0 Å². The Morgan fingerprint density at radius 1 is 1.31 bits per heavy atom. The lowest BCUT2D eigenvalue weighted by Gasteiger charge is -2.60. The molecule has 2 saturated heterocycles. The lowest BCUT2D eigenvalue weighted by molar-refractivity contribution is -0.0602. The Labute approximate surface area is 178 Å². The van der Waals surface area contributed by atoms with Crippen LogP contribution in [0.15, 0.2) is 40.9 Å². The van der Waals surface area contributed by atoms with Crippen molar-refractivity contribution in [2.45, 2.75) is 33.2 Å². The van der Waals surface area contributed by atoms with Gasteiger partial charge in [0, 0.05) is 48.8 Å². The Balaban J connectivity index is 1.51. The van der Waals surface area contributed by atoms with E-state index in [1.165, 1.54) is 5.57 Å². The van der Waals surface area contributed by atoms with Crippen LogP contribution < -0.4 is 4.90 Å². The third kappa shape index (κ3) is 4.93. The van der Waals surface area contributed by atoms with E-state index in [4.69, 9.17) is 11.6 Å². The molecule has 1 unspecified atom stereocenters. The zero-order chi connectivity index (χ0) is 21.0. The Kier molecular flexibility index (Phi) is 6.85. The molecule has 6 nitrogen and oxygen atoms in total. The van der Waals surface area contributed by atoms with Gasteiger partial charge in [-0.2, -0.15) is 0 Å². The number of aliphatic imine (C=N–C) groups is 1. The molecule has 1 spiro atoms. The van der Waals surface area contributed by atoms with Gasteiger partial charge < -0.3 is 14.9 Å². The number of likely N-dealkylation sites (tertiary alicyclic amines) is 2. The van der Waals surface area contributed by atoms with Crippen molar-refractivity contribution >= 4 is 29.7 Å². The molecular formula is C22H31ClN4O2. The maximum Gasteiger partial charge on any atom is 0.324 e. The molecule has 7 heteroatoms. The number of carbonyl (C=O) groups excluding carboxylic acids is 1. The van der Waals surface area contributed by atoms with Gasteiger partial charge in [0.2, 0.25) is 0 Å². The fraction of sp³-hybridized carbons (Fsp3) is 0.545. The van der Waals surface area contributed by atoms with Crippen LogP contribution in [0, 0.1) is 5.41 Å². The molecule has 2 aliphatic rings. The number of anilines is 1. The predicted octanol–water partition coefficient (Wildman–Crippen LogP) is 3.65. The summed E-state index contributed by atoms with van der Waals surface area (Å²) in [6.07, 6.45) is 5.07. The summed E-state index contributed by atoms with van der Waals surface area (Å²) in [5.41, 5.74) is 2.30. The Morgan fingerprint density at radius 2 is 1.97 bits per heavy atom. The Bertz CT molecular complexity index is 764. The zero-order valence-electron chi connectivity index (χ0n) is 17.5. The first-order chi connectivity index (χ1) is 13.9. The molecule has 1 aromatic carbocycles. The summed E-state index contributed by atoms with van der Waals surface area (Å²) in [4.78, 5) is 23.3. The van der Waals surface area contributed by atoms with Crippen LogP contribution in [0.4, 0.5) is 10.5 Å². The maximum atomic E-state index is 13.1. The first-order valence-electron chi connectivity index (χ1n) is 10.2. The van der Waals surface area contributed by atoms with Crippen LogP contribution in [0.2, 0.25) is 5.02 Å². The number of halogens is 1. The van der Waals surface area contributed by atoms with Gasteiger partial charge in [-0.1, -0.05) is 23.3 Å². The number of benzene rings is 1. The fourth-order valence-corrected chi connectivity index (χ4v) is 4.07. The van der Waals surface area contributed by atoms with Crippen molar-refractivity contribution in [2.24, 2.45) is 10.4 Å². The van der Waals surface area contributed by atoms with Gasteiger partial charge >= 0.3 is 6.03 Å². The van der Waals surface area contributed by atoms with Crippen LogP contribution in [0.3, 0.4) is 0 Å². The van der Waals surface area contributed by atoms with Crippen molar-refractivity contribution in [3.05, 3.63) is 40.9 Å². The minimum absolute atomic E-state index is 0.0616. The molecule has 2 fully saturated rings. The fourth-order valence-electron chi connectivity index (χ4n) is 3.94. The molecule has 0 aliphatic carbocycles. The average Bonchev–Trinajstić information content (AvgIpc) is 2.65. The quantitative estimate of drug-likeness (QED) is 0.417. The minimum Gasteiger partial charge on any atom is -0.394 e. The highest BCUT2D eigenvalue weighted by Crippen LogP contribution is 2.40. The maximum absolute atomic E-state index is 13.1. The molecule has 2 heterocycles. The van der Waals surface area contributed by atoms with Crippen LogP contribution in [0.5, 0.6) is 0 Å². The van der Waals surface area contributed by atoms with Crippen molar-refractivity contribution in [1.29, 1.82) is 0 Å². The first-order valence-corrected chi connectivity index (χ1v) is 10.6. The van der Waals surface area contributed by atoms with Gasteiger partial charge in [0.1, 0.15) is 0 Å². The van der Waals surface area contributed by atoms with Gasteiger partial charge in [0.25, 0.3) is 0 Å². The van der Waals surface area contributed by atoms with Gasteiger partial charge in [-0.05, 0) is 51.5 Å². The topological polar surface area (TPSA) is 59.4 Å². The van der Waals surface area contributed by atoms with E-state index in [-0.39, 0.29) is 24.1 Å². The lowest BCUT2D eigenvalue weighted by atomic mass is 9.73. The smallest absolute Gasteiger partial charge is 0.324 e. The van der Waals surface area contributed by atoms with Crippen LogP contribution >= 0.6 is 11.6 Å². The number of aliphatic hydroxyl groups excluding tert-OH is 1. The van der Waals surface area contributed by atoms with Gasteiger partial charge in [-0.25, -0.2) is 4.79 Å². The summed E-state index contributed by atoms with van der Waals surface area (Å²) in [7, 11) is 0. The van der Waals surface area contributed by atoms with E-state index in [0.717, 1.165) is 44.8 Å². The number of hydrogen-bond donors (Lipinski definition) is 1. The molecule has 2 amide bonds. The summed E-state index contributed by atoms with van der Waals surface area (Å²) >= 11 is 5.97. The second-order valence-corrected chi connectivity index (χ2v) is 8.76. The van der Waals surface area contributed by atoms with Gasteiger partial charge in [-0.15, -0.1) is 0 Å². The van der Waals surface area contributed by atoms with Crippen molar-refractivity contribution in [1.82, 2.24) is 9.80 Å². The second-order valence-electron chi connectivity index (χ2n) is 8.33. The molecule has 1 N–H and O–H groups in total. The largest absolute Gasteiger partial charge is 0.394 e. The van der Waals surface area contributed by atoms with Crippen molar-refractivity contribution in [3.8, 4) is 0 Å². The third-order valence-electron chi connectivity index (χ3n) is 5.79. The Morgan fingerprint density at radius 3 is 2.55 bits per heavy atom. The molecule has 1 aromatic rings. The number of hydrogen-bond acceptors (Lipinski definition) is 3. The molecule has 2 aliphatic heterocycles. The molecular weight excluding hydrogens is 388 g/mol. The van der Waals surface area contributed by atoms with Crippen LogP contribution in [-0.2, 0) is 0 Å². The summed E-state index contributed by atoms with van der Waals surface area (Å²) in [6, 6.07) is 6.80. The van der Waals surface area contributed by atoms with E-state index in [1.54, 1.807) is 17.0 Å². The highest BCUT2D eigenvalue weighted by molar-refractivity contribution is 6.30. The average molecular weight is 419 g/mol. The summed E-state index contributed by atoms with van der Waals surface area (Å²) in [5, 5.41) is 10.2. The molecule has 1 atom stereocenters. The highest BCUT2D eigenvalue weighted by atomic mass is 35.5. The van der Waals surface area contributed by atoms with E-state index in [1.807, 2.05) is 30.3 Å². The number of carbonyl (C=O) groups is 1. The van der Waals surface area contributed by atoms with E-state index in [0.29, 0.717) is 5.02 Å². The lowest BCUT2D eigenvalue weighted by Crippen LogP contribution is -2.74. The third-order valence-corrected chi connectivity index (χ3v) is 6.04. The van der Waals surface area contributed by atoms with E-state index in [9.17, 15) is 9.90 Å². The summed E-state index contributed by atoms with van der Waals surface area (Å²) in [5.74, 6) is 0. The summed E-state index contributed by atoms with van der Waals surface area (Å²) in [6.45, 7) is 10.1. The van der Waals surface area contributed by atoms with Crippen molar-refractivity contribution in [3.63, 3.8) is 0 Å². The van der Waals surface area contributed by atoms with Crippen LogP contribution in [0.1, 0.15) is 27.2 Å². The first kappa shape index (κ1) is 21.7. The van der Waals surface area contributed by atoms with Crippen LogP contribution in [0.25, 0.3) is 0 Å². The molecule has 0 aromatic heterocycles. The number of rotatable bonds is 7. The zero-order valence-corrected chi connectivity index (χ0v) is 18.3. The molecule has 0 saturated carbocycles. The number of nitrogens with zero attached hydrogens (tertiary/aromatic N) is 4. The van der Waals surface area contributed by atoms with Gasteiger partial charge in [0.15, 0.2) is 0 Å². The second kappa shape index (κ2) is 9.18. The van der Waals surface area contributed by atoms with Crippen LogP contribution in [-0.4, -0.2) is 72.6 Å². The van der Waals surface area contributed by atoms with E-state index < -0.39 is 0 Å². The minimum atomic E-state index is -0.300. The summed E-state index contributed by atoms with van der Waals surface area (Å²) < 4.78 is 0. The Hall–Kier alpha value is -2.05. The monoisotopic (exact) mass is 418 g/mol. The highest BCUT2D eigenvalue weighted by Gasteiger charge is 2.53. The number of aliphatic hydroxyl groups is 1. The van der Waals surface area contributed by atoms with Crippen molar-refractivity contribution in [2.75, 3.05) is 44.2 Å². The van der Waals surface area contributed by atoms with Crippen molar-refractivity contribution < 1.29 is 9.90 Å². The predicted molar refractivity (Wildman–Crippen MR) is 119 cm³/mol. The van der Waals surface area contributed by atoms with Gasteiger partial charge in [-0.3, -0.25) is 9.89 Å². The number of urea groups is 1.